The molecule has 0 radical (unpaired) electrons. The van der Waals surface area contributed by atoms with E-state index < -0.39 is 0 Å². The lowest BCUT2D eigenvalue weighted by atomic mass is 9.85. The molecule has 39 heavy (non-hydrogen) atoms. The molecule has 0 atom stereocenters. The number of nitrogens with one attached hydrogen (secondary N) is 2. The summed E-state index contributed by atoms with van der Waals surface area (Å²) in [5.41, 5.74) is 1.64. The third-order valence-electron chi connectivity index (χ3n) is 7.15. The Bertz CT molecular complexity index is 1320. The van der Waals surface area contributed by atoms with Crippen molar-refractivity contribution in [2.45, 2.75) is 26.2 Å². The van der Waals surface area contributed by atoms with Crippen molar-refractivity contribution in [2.75, 3.05) is 58.4 Å². The predicted octanol–water partition coefficient (Wildman–Crippen LogP) is 5.71. The van der Waals surface area contributed by atoms with Crippen molar-refractivity contribution in [1.82, 2.24) is 15.2 Å². The van der Waals surface area contributed by atoms with Gasteiger partial charge in [-0.3, -0.25) is 4.98 Å². The average molecular weight is 555 g/mol. The number of rotatable bonds is 11. The highest BCUT2D eigenvalue weighted by Crippen LogP contribution is 2.39. The molecule has 5 rings (SSSR count). The Balaban J connectivity index is 1.22. The number of carbonyl (C=O) groups is 1. The van der Waals surface area contributed by atoms with Crippen LogP contribution in [0, 0.1) is 5.41 Å². The molecule has 208 valence electrons. The van der Waals surface area contributed by atoms with E-state index >= 15 is 0 Å². The zero-order valence-electron chi connectivity index (χ0n) is 22.4. The highest BCUT2D eigenvalue weighted by Gasteiger charge is 2.43. The average Bonchev–Trinajstić information content (AvgIpc) is 3.37. The van der Waals surface area contributed by atoms with Gasteiger partial charge < -0.3 is 34.5 Å². The molecule has 2 N–H and O–H groups in total. The van der Waals surface area contributed by atoms with Crippen LogP contribution >= 0.6 is 11.6 Å². The maximum Gasteiger partial charge on any atom is 0.319 e. The van der Waals surface area contributed by atoms with E-state index in [1.165, 1.54) is 6.42 Å². The number of amides is 2. The molecule has 2 aliphatic heterocycles. The molecular weight excluding hydrogens is 520 g/mol. The van der Waals surface area contributed by atoms with Crippen LogP contribution in [0.5, 0.6) is 23.0 Å². The molecule has 3 heterocycles. The standard InChI is InChI=1S/C29H35ClN4O5/c1-3-9-32-28(35)33-23-6-5-20(14-22(23)30)39-25-7-10-31-24-16-27(26(36-2)15-21(24)25)38-13-4-11-34-12-8-29(17-34)18-37-19-29/h5-7,10,14-16H,3-4,8-9,11-13,17-19H2,1-2H3,(H2,32,33,35). The Kier molecular flexibility index (Phi) is 8.60. The van der Waals surface area contributed by atoms with E-state index in [0.29, 0.717) is 52.3 Å². The minimum absolute atomic E-state index is 0.300. The number of urea groups is 1. The smallest absolute Gasteiger partial charge is 0.319 e. The Hall–Kier alpha value is -3.27. The third kappa shape index (κ3) is 6.49. The van der Waals surface area contributed by atoms with E-state index in [4.69, 9.17) is 30.5 Å². The second-order valence-electron chi connectivity index (χ2n) is 10.2. The molecular formula is C29H35ClN4O5. The summed E-state index contributed by atoms with van der Waals surface area (Å²) in [6, 6.07) is 10.4. The fourth-order valence-corrected chi connectivity index (χ4v) is 5.22. The Morgan fingerprint density at radius 3 is 2.77 bits per heavy atom. The van der Waals surface area contributed by atoms with Gasteiger partial charge in [0, 0.05) is 48.8 Å². The summed E-state index contributed by atoms with van der Waals surface area (Å²) >= 11 is 6.41. The molecule has 2 fully saturated rings. The van der Waals surface area contributed by atoms with Crippen molar-refractivity contribution < 1.29 is 23.7 Å². The van der Waals surface area contributed by atoms with Gasteiger partial charge in [0.15, 0.2) is 11.5 Å². The van der Waals surface area contributed by atoms with Crippen molar-refractivity contribution in [3.05, 3.63) is 47.6 Å². The minimum atomic E-state index is -0.300. The first-order chi connectivity index (χ1) is 19.0. The van der Waals surface area contributed by atoms with Crippen molar-refractivity contribution in [3.63, 3.8) is 0 Å². The second kappa shape index (κ2) is 12.3. The van der Waals surface area contributed by atoms with Crippen LogP contribution in [0.1, 0.15) is 26.2 Å². The third-order valence-corrected chi connectivity index (χ3v) is 7.46. The van der Waals surface area contributed by atoms with Crippen LogP contribution < -0.4 is 24.8 Å². The largest absolute Gasteiger partial charge is 0.493 e. The fraction of sp³-hybridized carbons (Fsp3) is 0.448. The molecule has 2 saturated heterocycles. The van der Waals surface area contributed by atoms with Gasteiger partial charge in [-0.2, -0.15) is 0 Å². The van der Waals surface area contributed by atoms with Crippen LogP contribution in [-0.4, -0.2) is 69.0 Å². The molecule has 9 nitrogen and oxygen atoms in total. The molecule has 2 amide bonds. The van der Waals surface area contributed by atoms with E-state index in [-0.39, 0.29) is 6.03 Å². The first kappa shape index (κ1) is 27.3. The zero-order valence-corrected chi connectivity index (χ0v) is 23.2. The van der Waals surface area contributed by atoms with Crippen LogP contribution in [0.15, 0.2) is 42.6 Å². The van der Waals surface area contributed by atoms with Gasteiger partial charge >= 0.3 is 6.03 Å². The van der Waals surface area contributed by atoms with Crippen LogP contribution in [0.2, 0.25) is 5.02 Å². The van der Waals surface area contributed by atoms with Gasteiger partial charge in [0.05, 0.1) is 43.2 Å². The summed E-state index contributed by atoms with van der Waals surface area (Å²) in [5.74, 6) is 2.40. The molecule has 10 heteroatoms. The highest BCUT2D eigenvalue weighted by atomic mass is 35.5. The second-order valence-corrected chi connectivity index (χ2v) is 10.6. The molecule has 0 saturated carbocycles. The molecule has 0 bridgehead atoms. The van der Waals surface area contributed by atoms with Crippen LogP contribution in [0.25, 0.3) is 10.9 Å². The van der Waals surface area contributed by atoms with E-state index in [9.17, 15) is 4.79 Å². The molecule has 0 aliphatic carbocycles. The fourth-order valence-electron chi connectivity index (χ4n) is 5.00. The number of fused-ring (bicyclic) bond motifs is 1. The maximum absolute atomic E-state index is 12.0. The van der Waals surface area contributed by atoms with Crippen molar-refractivity contribution in [1.29, 1.82) is 0 Å². The van der Waals surface area contributed by atoms with E-state index in [2.05, 4.69) is 20.5 Å². The number of benzene rings is 2. The molecule has 2 aliphatic rings. The minimum Gasteiger partial charge on any atom is -0.493 e. The molecule has 1 spiro atoms. The molecule has 2 aromatic carbocycles. The lowest BCUT2D eigenvalue weighted by Crippen LogP contribution is -2.44. The Labute approximate surface area is 233 Å². The van der Waals surface area contributed by atoms with E-state index in [1.807, 2.05) is 19.1 Å². The molecule has 0 unspecified atom stereocenters. The van der Waals surface area contributed by atoms with Gasteiger partial charge in [-0.05, 0) is 50.1 Å². The van der Waals surface area contributed by atoms with Crippen LogP contribution in [0.4, 0.5) is 10.5 Å². The number of anilines is 1. The Morgan fingerprint density at radius 1 is 1.18 bits per heavy atom. The number of nitrogens with zero attached hydrogens (tertiary/aromatic N) is 2. The summed E-state index contributed by atoms with van der Waals surface area (Å²) in [4.78, 5) is 19.0. The maximum atomic E-state index is 12.0. The van der Waals surface area contributed by atoms with Crippen LogP contribution in [-0.2, 0) is 4.74 Å². The number of hydrogen-bond donors (Lipinski definition) is 2. The van der Waals surface area contributed by atoms with Crippen molar-refractivity contribution >= 4 is 34.2 Å². The van der Waals surface area contributed by atoms with E-state index in [0.717, 1.165) is 56.6 Å². The number of carbonyl (C=O) groups excluding carboxylic acids is 1. The normalized spacial score (nSPS) is 16.2. The lowest BCUT2D eigenvalue weighted by Gasteiger charge is -2.37. The number of ether oxygens (including phenoxy) is 4. The van der Waals surface area contributed by atoms with Gasteiger partial charge in [-0.1, -0.05) is 18.5 Å². The van der Waals surface area contributed by atoms with Gasteiger partial charge in [-0.25, -0.2) is 4.79 Å². The van der Waals surface area contributed by atoms with Crippen molar-refractivity contribution in [2.24, 2.45) is 5.41 Å². The molecule has 3 aromatic rings. The quantitative estimate of drug-likeness (QED) is 0.293. The summed E-state index contributed by atoms with van der Waals surface area (Å²) in [6.45, 7) is 8.24. The molecule has 1 aromatic heterocycles. The number of halogens is 1. The summed E-state index contributed by atoms with van der Waals surface area (Å²) in [7, 11) is 1.62. The van der Waals surface area contributed by atoms with Crippen LogP contribution in [0.3, 0.4) is 0 Å². The van der Waals surface area contributed by atoms with Gasteiger partial charge in [0.25, 0.3) is 0 Å². The number of aromatic nitrogens is 1. The highest BCUT2D eigenvalue weighted by molar-refractivity contribution is 6.33. The van der Waals surface area contributed by atoms with Crippen molar-refractivity contribution in [3.8, 4) is 23.0 Å². The number of hydrogen-bond acceptors (Lipinski definition) is 7. The lowest BCUT2D eigenvalue weighted by molar-refractivity contribution is -0.105. The SMILES string of the molecule is CCCNC(=O)Nc1ccc(Oc2ccnc3cc(OCCCN4CCC5(COC5)C4)c(OC)cc23)cc1Cl. The van der Waals surface area contributed by atoms with Gasteiger partial charge in [0.1, 0.15) is 11.5 Å². The zero-order chi connectivity index (χ0) is 27.2. The monoisotopic (exact) mass is 554 g/mol. The van der Waals surface area contributed by atoms with Gasteiger partial charge in [-0.15, -0.1) is 0 Å². The first-order valence-electron chi connectivity index (χ1n) is 13.4. The number of methoxy groups -OCH3 is 1. The summed E-state index contributed by atoms with van der Waals surface area (Å²) < 4.78 is 23.3. The topological polar surface area (TPSA) is 94.2 Å². The summed E-state index contributed by atoms with van der Waals surface area (Å²) in [6.07, 6.45) is 4.70. The number of pyridine rings is 1. The number of likely N-dealkylation sites (tertiary alicyclic amines) is 1. The first-order valence-corrected chi connectivity index (χ1v) is 13.8. The summed E-state index contributed by atoms with van der Waals surface area (Å²) in [5, 5.41) is 6.66. The Morgan fingerprint density at radius 2 is 2.05 bits per heavy atom. The predicted molar refractivity (Wildman–Crippen MR) is 152 cm³/mol. The van der Waals surface area contributed by atoms with E-state index in [1.54, 1.807) is 37.6 Å². The van der Waals surface area contributed by atoms with Gasteiger partial charge in [0.2, 0.25) is 0 Å².